The maximum atomic E-state index is 6.64. The second-order valence-electron chi connectivity index (χ2n) is 8.11. The van der Waals surface area contributed by atoms with E-state index in [1.807, 2.05) is 0 Å². The van der Waals surface area contributed by atoms with Gasteiger partial charge in [-0.15, -0.1) is 0 Å². The number of fused-ring (bicyclic) bond motifs is 1. The first kappa shape index (κ1) is 11.8. The molecule has 0 amide bonds. The largest absolute Gasteiger partial charge is 0.463 e. The van der Waals surface area contributed by atoms with Gasteiger partial charge in [0.2, 0.25) is 0 Å². The van der Waals surface area contributed by atoms with Crippen molar-refractivity contribution in [3.8, 4) is 0 Å². The van der Waals surface area contributed by atoms with Crippen molar-refractivity contribution in [3.63, 3.8) is 0 Å². The molecule has 0 spiro atoms. The minimum atomic E-state index is 0.0130. The van der Waals surface area contributed by atoms with Crippen molar-refractivity contribution >= 4 is 7.12 Å². The molecule has 1 heterocycles. The minimum absolute atomic E-state index is 0.0130. The van der Waals surface area contributed by atoms with Crippen LogP contribution in [0.4, 0.5) is 0 Å². The molecule has 2 nitrogen and oxygen atoms in total. The zero-order valence-electron chi connectivity index (χ0n) is 12.0. The molecule has 4 rings (SSSR count). The smallest absolute Gasteiger partial charge is 0.402 e. The lowest BCUT2D eigenvalue weighted by Crippen LogP contribution is -2.50. The Kier molecular flexibility index (Phi) is 2.19. The molecule has 18 heavy (non-hydrogen) atoms. The van der Waals surface area contributed by atoms with Crippen molar-refractivity contribution in [2.75, 3.05) is 0 Å². The molecule has 1 saturated heterocycles. The van der Waals surface area contributed by atoms with Crippen LogP contribution in [0.1, 0.15) is 65.7 Å². The predicted molar refractivity (Wildman–Crippen MR) is 72.4 cm³/mol. The highest BCUT2D eigenvalue weighted by Gasteiger charge is 2.73. The zero-order valence-corrected chi connectivity index (χ0v) is 12.0. The van der Waals surface area contributed by atoms with Crippen molar-refractivity contribution in [2.45, 2.75) is 82.2 Å². The number of hydrogen-bond acceptors (Lipinski definition) is 2. The molecule has 3 aliphatic carbocycles. The van der Waals surface area contributed by atoms with Gasteiger partial charge in [0.15, 0.2) is 0 Å². The number of rotatable bonds is 2. The van der Waals surface area contributed by atoms with E-state index in [9.17, 15) is 0 Å². The van der Waals surface area contributed by atoms with Crippen LogP contribution in [-0.4, -0.2) is 18.3 Å². The summed E-state index contributed by atoms with van der Waals surface area (Å²) < 4.78 is 13.3. The van der Waals surface area contributed by atoms with Crippen molar-refractivity contribution in [3.05, 3.63) is 0 Å². The van der Waals surface area contributed by atoms with Gasteiger partial charge in [-0.3, -0.25) is 0 Å². The highest BCUT2D eigenvalue weighted by molar-refractivity contribution is 6.49. The first-order valence-corrected chi connectivity index (χ1v) is 7.84. The summed E-state index contributed by atoms with van der Waals surface area (Å²) in [7, 11) is 0.0130. The first-order chi connectivity index (χ1) is 8.48. The van der Waals surface area contributed by atoms with Gasteiger partial charge >= 0.3 is 7.12 Å². The molecule has 3 saturated carbocycles. The predicted octanol–water partition coefficient (Wildman–Crippen LogP) is 3.80. The van der Waals surface area contributed by atoms with Gasteiger partial charge in [-0.2, -0.15) is 0 Å². The monoisotopic (exact) mass is 248 g/mol. The van der Waals surface area contributed by atoms with E-state index >= 15 is 0 Å². The van der Waals surface area contributed by atoms with Gasteiger partial charge < -0.3 is 9.31 Å². The van der Waals surface area contributed by atoms with Gasteiger partial charge in [0.25, 0.3) is 0 Å². The second-order valence-corrected chi connectivity index (χ2v) is 8.11. The molecule has 0 aromatic rings. The third-order valence-corrected chi connectivity index (χ3v) is 5.63. The lowest BCUT2D eigenvalue weighted by molar-refractivity contribution is -0.0544. The Morgan fingerprint density at radius 3 is 1.67 bits per heavy atom. The van der Waals surface area contributed by atoms with Gasteiger partial charge in [-0.05, 0) is 62.1 Å². The third kappa shape index (κ3) is 1.38. The number of hydrogen-bond donors (Lipinski definition) is 0. The van der Waals surface area contributed by atoms with Gasteiger partial charge in [0, 0.05) is 0 Å². The summed E-state index contributed by atoms with van der Waals surface area (Å²) in [6, 6.07) is 0. The summed E-state index contributed by atoms with van der Waals surface area (Å²) in [4.78, 5) is 0. The molecule has 0 aromatic carbocycles. The SMILES string of the molecule is CC(C)(C)B1O[C@]2(C3CC3)CCC[C@]2(C2CC2)O1. The van der Waals surface area contributed by atoms with E-state index < -0.39 is 0 Å². The summed E-state index contributed by atoms with van der Waals surface area (Å²) in [5.41, 5.74) is 0.207. The second kappa shape index (κ2) is 3.35. The molecule has 3 heteroatoms. The third-order valence-electron chi connectivity index (χ3n) is 5.63. The van der Waals surface area contributed by atoms with Crippen molar-refractivity contribution in [2.24, 2.45) is 11.8 Å². The van der Waals surface area contributed by atoms with Crippen molar-refractivity contribution < 1.29 is 9.31 Å². The summed E-state index contributed by atoms with van der Waals surface area (Å²) in [5.74, 6) is 1.60. The van der Waals surface area contributed by atoms with Crippen LogP contribution in [0.3, 0.4) is 0 Å². The van der Waals surface area contributed by atoms with Gasteiger partial charge in [0.05, 0.1) is 11.2 Å². The highest BCUT2D eigenvalue weighted by atomic mass is 16.7. The van der Waals surface area contributed by atoms with Crippen molar-refractivity contribution in [1.82, 2.24) is 0 Å². The van der Waals surface area contributed by atoms with Crippen LogP contribution in [0.5, 0.6) is 0 Å². The fourth-order valence-corrected chi connectivity index (χ4v) is 4.50. The Morgan fingerprint density at radius 2 is 1.33 bits per heavy atom. The van der Waals surface area contributed by atoms with Crippen molar-refractivity contribution in [1.29, 1.82) is 0 Å². The molecular formula is C15H25BO2. The standard InChI is InChI=1S/C15H25BO2/c1-13(2,3)16-17-14(11-5-6-11)9-4-10-15(14,18-16)12-7-8-12/h11-12H,4-10H2,1-3H3/t14-,15+. The normalized spacial score (nSPS) is 44.5. The minimum Gasteiger partial charge on any atom is -0.402 e. The molecular weight excluding hydrogens is 223 g/mol. The Bertz CT molecular complexity index is 341. The summed E-state index contributed by atoms with van der Waals surface area (Å²) in [5, 5.41) is 0.105. The topological polar surface area (TPSA) is 18.5 Å². The lowest BCUT2D eigenvalue weighted by atomic mass is 9.61. The molecule has 100 valence electrons. The van der Waals surface area contributed by atoms with Crippen LogP contribution in [0, 0.1) is 11.8 Å². The zero-order chi connectivity index (χ0) is 12.6. The Hall–Kier alpha value is -0.0151. The molecule has 0 bridgehead atoms. The van der Waals surface area contributed by atoms with Gasteiger partial charge in [0.1, 0.15) is 0 Å². The first-order valence-electron chi connectivity index (χ1n) is 7.84. The molecule has 0 radical (unpaired) electrons. The fraction of sp³-hybridized carbons (Fsp3) is 1.00. The van der Waals surface area contributed by atoms with Crippen LogP contribution in [0.15, 0.2) is 0 Å². The highest BCUT2D eigenvalue weighted by Crippen LogP contribution is 2.67. The summed E-state index contributed by atoms with van der Waals surface area (Å²) in [6.45, 7) is 6.75. The molecule has 0 unspecified atom stereocenters. The molecule has 2 atom stereocenters. The lowest BCUT2D eigenvalue weighted by Gasteiger charge is -2.40. The van der Waals surface area contributed by atoms with Gasteiger partial charge in [-0.25, -0.2) is 0 Å². The van der Waals surface area contributed by atoms with E-state index in [-0.39, 0.29) is 23.6 Å². The van der Waals surface area contributed by atoms with Crippen LogP contribution in [0.25, 0.3) is 0 Å². The van der Waals surface area contributed by atoms with E-state index in [1.54, 1.807) is 0 Å². The fourth-order valence-electron chi connectivity index (χ4n) is 4.50. The summed E-state index contributed by atoms with van der Waals surface area (Å²) >= 11 is 0. The molecule has 0 aromatic heterocycles. The van der Waals surface area contributed by atoms with Crippen LogP contribution >= 0.6 is 0 Å². The molecule has 4 fully saturated rings. The van der Waals surface area contributed by atoms with E-state index in [1.165, 1.54) is 44.9 Å². The maximum absolute atomic E-state index is 6.64. The Labute approximate surface area is 111 Å². The average Bonchev–Trinajstić information content (AvgIpc) is 3.14. The van der Waals surface area contributed by atoms with E-state index in [2.05, 4.69) is 20.8 Å². The average molecular weight is 248 g/mol. The molecule has 1 aliphatic heterocycles. The van der Waals surface area contributed by atoms with Gasteiger partial charge in [-0.1, -0.05) is 20.8 Å². The summed E-state index contributed by atoms with van der Waals surface area (Å²) in [6.07, 6.45) is 9.29. The maximum Gasteiger partial charge on any atom is 0.463 e. The Morgan fingerprint density at radius 1 is 0.889 bits per heavy atom. The van der Waals surface area contributed by atoms with E-state index in [4.69, 9.17) is 9.31 Å². The van der Waals surface area contributed by atoms with E-state index in [0.717, 1.165) is 11.8 Å². The Balaban J connectivity index is 1.73. The van der Waals surface area contributed by atoms with Crippen LogP contribution < -0.4 is 0 Å². The van der Waals surface area contributed by atoms with Crippen LogP contribution in [-0.2, 0) is 9.31 Å². The van der Waals surface area contributed by atoms with E-state index in [0.29, 0.717) is 0 Å². The molecule has 0 N–H and O–H groups in total. The molecule has 4 aliphatic rings. The quantitative estimate of drug-likeness (QED) is 0.692. The van der Waals surface area contributed by atoms with Crippen LogP contribution in [0.2, 0.25) is 5.31 Å².